The molecule has 0 unspecified atom stereocenters. The van der Waals surface area contributed by atoms with Gasteiger partial charge in [0.2, 0.25) is 5.89 Å². The molecule has 0 atom stereocenters. The average molecular weight is 373 g/mol. The minimum Gasteiger partial charge on any atom is -0.436 e. The fraction of sp³-hybridized carbons (Fsp3) is 0.0476. The van der Waals surface area contributed by atoms with Crippen LogP contribution in [0.15, 0.2) is 71.1 Å². The Balaban J connectivity index is 1.65. The quantitative estimate of drug-likeness (QED) is 0.402. The number of hydrogen-bond acceptors (Lipinski definition) is 5. The number of carbonyl (C=O) groups excluding carboxylic acids is 1. The Labute approximate surface area is 159 Å². The Morgan fingerprint density at radius 3 is 2.61 bits per heavy atom. The lowest BCUT2D eigenvalue weighted by Crippen LogP contribution is -2.13. The molecule has 0 saturated heterocycles. The van der Waals surface area contributed by atoms with E-state index in [-0.39, 0.29) is 11.3 Å². The Morgan fingerprint density at radius 2 is 1.82 bits per heavy atom. The number of anilines is 1. The van der Waals surface area contributed by atoms with Gasteiger partial charge >= 0.3 is 0 Å². The van der Waals surface area contributed by atoms with Crippen molar-refractivity contribution in [3.8, 4) is 11.5 Å². The number of nitro benzene ring substituents is 1. The molecule has 138 valence electrons. The number of nitrogens with one attached hydrogen (secondary N) is 1. The number of carbonyl (C=O) groups is 1. The number of benzene rings is 3. The highest BCUT2D eigenvalue weighted by molar-refractivity contribution is 6.07. The summed E-state index contributed by atoms with van der Waals surface area (Å²) >= 11 is 0. The molecular weight excluding hydrogens is 358 g/mol. The maximum atomic E-state index is 12.5. The van der Waals surface area contributed by atoms with Crippen LogP contribution in [0, 0.1) is 17.0 Å². The maximum absolute atomic E-state index is 12.5. The first-order valence-electron chi connectivity index (χ1n) is 8.54. The molecule has 0 fully saturated rings. The van der Waals surface area contributed by atoms with Gasteiger partial charge in [0.1, 0.15) is 11.1 Å². The smallest absolute Gasteiger partial charge is 0.282 e. The maximum Gasteiger partial charge on any atom is 0.282 e. The van der Waals surface area contributed by atoms with E-state index >= 15 is 0 Å². The Kier molecular flexibility index (Phi) is 4.33. The minimum absolute atomic E-state index is 0.00616. The zero-order valence-electron chi connectivity index (χ0n) is 14.9. The van der Waals surface area contributed by atoms with Crippen LogP contribution in [0.2, 0.25) is 0 Å². The number of aryl methyl sites for hydroxylation is 1. The van der Waals surface area contributed by atoms with E-state index < -0.39 is 10.8 Å². The molecule has 0 aliphatic rings. The molecule has 7 heteroatoms. The van der Waals surface area contributed by atoms with E-state index in [2.05, 4.69) is 10.3 Å². The van der Waals surface area contributed by atoms with Crippen LogP contribution >= 0.6 is 0 Å². The number of rotatable bonds is 4. The zero-order chi connectivity index (χ0) is 19.7. The molecule has 7 nitrogen and oxygen atoms in total. The number of aromatic nitrogens is 1. The number of nitro groups is 1. The van der Waals surface area contributed by atoms with Crippen molar-refractivity contribution < 1.29 is 14.1 Å². The summed E-state index contributed by atoms with van der Waals surface area (Å²) in [6, 6.07) is 18.6. The molecule has 0 spiro atoms. The van der Waals surface area contributed by atoms with E-state index in [1.165, 1.54) is 18.2 Å². The molecule has 0 aliphatic carbocycles. The van der Waals surface area contributed by atoms with Crippen molar-refractivity contribution in [2.45, 2.75) is 6.92 Å². The zero-order valence-corrected chi connectivity index (χ0v) is 14.9. The van der Waals surface area contributed by atoms with E-state index in [9.17, 15) is 14.9 Å². The summed E-state index contributed by atoms with van der Waals surface area (Å²) in [5.41, 5.74) is 3.32. The van der Waals surface area contributed by atoms with E-state index in [1.807, 2.05) is 31.2 Å². The third-order valence-electron chi connectivity index (χ3n) is 4.37. The highest BCUT2D eigenvalue weighted by Crippen LogP contribution is 2.28. The van der Waals surface area contributed by atoms with Crippen LogP contribution in [-0.4, -0.2) is 15.8 Å². The van der Waals surface area contributed by atoms with Gasteiger partial charge in [0.05, 0.1) is 4.92 Å². The summed E-state index contributed by atoms with van der Waals surface area (Å²) in [6.45, 7) is 1.97. The predicted octanol–water partition coefficient (Wildman–Crippen LogP) is 4.96. The first-order valence-corrected chi connectivity index (χ1v) is 8.54. The molecule has 0 radical (unpaired) electrons. The normalized spacial score (nSPS) is 10.8. The molecule has 1 aromatic heterocycles. The van der Waals surface area contributed by atoms with E-state index in [0.717, 1.165) is 11.1 Å². The third kappa shape index (κ3) is 3.21. The fourth-order valence-corrected chi connectivity index (χ4v) is 2.96. The van der Waals surface area contributed by atoms with Crippen molar-refractivity contribution in [1.29, 1.82) is 0 Å². The number of hydrogen-bond donors (Lipinski definition) is 1. The molecule has 4 aromatic rings. The molecule has 1 N–H and O–H groups in total. The Morgan fingerprint density at radius 1 is 1.07 bits per heavy atom. The van der Waals surface area contributed by atoms with Crippen LogP contribution in [0.1, 0.15) is 15.9 Å². The topological polar surface area (TPSA) is 98.3 Å². The summed E-state index contributed by atoms with van der Waals surface area (Å²) < 4.78 is 5.82. The van der Waals surface area contributed by atoms with Crippen molar-refractivity contribution in [3.63, 3.8) is 0 Å². The van der Waals surface area contributed by atoms with Gasteiger partial charge in [0, 0.05) is 17.3 Å². The number of oxazole rings is 1. The van der Waals surface area contributed by atoms with E-state index in [1.54, 1.807) is 24.3 Å². The highest BCUT2D eigenvalue weighted by Gasteiger charge is 2.19. The summed E-state index contributed by atoms with van der Waals surface area (Å²) in [5.74, 6) is -0.0652. The van der Waals surface area contributed by atoms with Crippen molar-refractivity contribution in [3.05, 3.63) is 88.0 Å². The van der Waals surface area contributed by atoms with Gasteiger partial charge in [-0.15, -0.1) is 0 Å². The molecule has 3 aromatic carbocycles. The van der Waals surface area contributed by atoms with Crippen molar-refractivity contribution in [1.82, 2.24) is 4.98 Å². The monoisotopic (exact) mass is 373 g/mol. The van der Waals surface area contributed by atoms with Crippen LogP contribution in [0.4, 0.5) is 11.4 Å². The lowest BCUT2D eigenvalue weighted by Gasteiger charge is -2.05. The minimum atomic E-state index is -0.579. The van der Waals surface area contributed by atoms with Gasteiger partial charge in [-0.3, -0.25) is 14.9 Å². The van der Waals surface area contributed by atoms with Gasteiger partial charge in [0.25, 0.3) is 11.6 Å². The predicted molar refractivity (Wildman–Crippen MR) is 105 cm³/mol. The van der Waals surface area contributed by atoms with Crippen LogP contribution in [-0.2, 0) is 0 Å². The molecule has 0 aliphatic heterocycles. The van der Waals surface area contributed by atoms with Crippen LogP contribution in [0.5, 0.6) is 0 Å². The standard InChI is InChI=1S/C21H15N3O4/c1-13-6-2-3-7-15(13)21-23-17-12-14(10-11-19(17)28-21)22-20(25)16-8-4-5-9-18(16)24(26)27/h2-12H,1H3,(H,22,25). The van der Waals surface area contributed by atoms with E-state index in [0.29, 0.717) is 22.7 Å². The van der Waals surface area contributed by atoms with Crippen molar-refractivity contribution in [2.75, 3.05) is 5.32 Å². The van der Waals surface area contributed by atoms with Gasteiger partial charge in [0.15, 0.2) is 5.58 Å². The highest BCUT2D eigenvalue weighted by atomic mass is 16.6. The fourth-order valence-electron chi connectivity index (χ4n) is 2.96. The van der Waals surface area contributed by atoms with Gasteiger partial charge in [-0.2, -0.15) is 0 Å². The lowest BCUT2D eigenvalue weighted by atomic mass is 10.1. The first kappa shape index (κ1) is 17.4. The summed E-state index contributed by atoms with van der Waals surface area (Å²) in [4.78, 5) is 27.5. The second-order valence-electron chi connectivity index (χ2n) is 6.24. The summed E-state index contributed by atoms with van der Waals surface area (Å²) in [5, 5.41) is 13.8. The summed E-state index contributed by atoms with van der Waals surface area (Å²) in [7, 11) is 0. The Bertz CT molecular complexity index is 1210. The third-order valence-corrected chi connectivity index (χ3v) is 4.37. The molecule has 1 amide bonds. The molecule has 28 heavy (non-hydrogen) atoms. The molecule has 4 rings (SSSR count). The van der Waals surface area contributed by atoms with Crippen molar-refractivity contribution in [2.24, 2.45) is 0 Å². The lowest BCUT2D eigenvalue weighted by molar-refractivity contribution is -0.385. The average Bonchev–Trinajstić information content (AvgIpc) is 3.11. The number of para-hydroxylation sites is 1. The van der Waals surface area contributed by atoms with Gasteiger partial charge < -0.3 is 9.73 Å². The first-order chi connectivity index (χ1) is 13.5. The van der Waals surface area contributed by atoms with Crippen LogP contribution < -0.4 is 5.32 Å². The largest absolute Gasteiger partial charge is 0.436 e. The van der Waals surface area contributed by atoms with Gasteiger partial charge in [-0.05, 0) is 42.8 Å². The number of amides is 1. The van der Waals surface area contributed by atoms with Crippen LogP contribution in [0.25, 0.3) is 22.6 Å². The van der Waals surface area contributed by atoms with Gasteiger partial charge in [-0.25, -0.2) is 4.98 Å². The second kappa shape index (κ2) is 6.96. The number of fused-ring (bicyclic) bond motifs is 1. The molecule has 0 saturated carbocycles. The molecule has 0 bridgehead atoms. The van der Waals surface area contributed by atoms with Crippen molar-refractivity contribution >= 4 is 28.4 Å². The Hall–Kier alpha value is -4.00. The SMILES string of the molecule is Cc1ccccc1-c1nc2cc(NC(=O)c3ccccc3[N+](=O)[O-])ccc2o1. The molecule has 1 heterocycles. The van der Waals surface area contributed by atoms with Gasteiger partial charge in [-0.1, -0.05) is 30.3 Å². The van der Waals surface area contributed by atoms with E-state index in [4.69, 9.17) is 4.42 Å². The van der Waals surface area contributed by atoms with Crippen LogP contribution in [0.3, 0.4) is 0 Å². The summed E-state index contributed by atoms with van der Waals surface area (Å²) in [6.07, 6.45) is 0. The molecular formula is C21H15N3O4. The number of nitrogens with zero attached hydrogens (tertiary/aromatic N) is 2. The second-order valence-corrected chi connectivity index (χ2v) is 6.24.